The molecule has 3 aromatic rings. The fourth-order valence-electron chi connectivity index (χ4n) is 2.31. The van der Waals surface area contributed by atoms with Gasteiger partial charge in [-0.25, -0.2) is 14.2 Å². The Kier molecular flexibility index (Phi) is 5.41. The zero-order chi connectivity index (χ0) is 19.6. The van der Waals surface area contributed by atoms with Crippen LogP contribution in [0.15, 0.2) is 41.1 Å². The third-order valence-electron chi connectivity index (χ3n) is 3.65. The summed E-state index contributed by atoms with van der Waals surface area (Å²) in [5.74, 6) is -1.12. The normalized spacial score (nSPS) is 11.0. The average molecular weight is 391 g/mol. The summed E-state index contributed by atoms with van der Waals surface area (Å²) in [6, 6.07) is 6.97. The van der Waals surface area contributed by atoms with E-state index in [1.807, 2.05) is 13.8 Å². The summed E-state index contributed by atoms with van der Waals surface area (Å²) in [6.45, 7) is 4.53. The largest absolute Gasteiger partial charge is 0.478 e. The molecule has 140 valence electrons. The Morgan fingerprint density at radius 2 is 2.07 bits per heavy atom. The summed E-state index contributed by atoms with van der Waals surface area (Å²) in [6.07, 6.45) is 1.54. The van der Waals surface area contributed by atoms with E-state index in [4.69, 9.17) is 26.0 Å². The molecule has 6 nitrogen and oxygen atoms in total. The van der Waals surface area contributed by atoms with Crippen molar-refractivity contribution in [3.05, 3.63) is 52.9 Å². The number of halogens is 2. The molecular weight excluding hydrogens is 375 g/mol. The van der Waals surface area contributed by atoms with Gasteiger partial charge in [0.15, 0.2) is 5.76 Å². The first kappa shape index (κ1) is 18.8. The number of aromatic nitrogens is 2. The van der Waals surface area contributed by atoms with Crippen LogP contribution in [0.3, 0.4) is 0 Å². The van der Waals surface area contributed by atoms with Crippen LogP contribution in [0.2, 0.25) is 5.02 Å². The maximum atomic E-state index is 13.9. The zero-order valence-electron chi connectivity index (χ0n) is 14.6. The first-order valence-corrected chi connectivity index (χ1v) is 8.51. The minimum Gasteiger partial charge on any atom is -0.478 e. The lowest BCUT2D eigenvalue weighted by molar-refractivity contribution is 0.0692. The minimum atomic E-state index is -1.33. The standard InChI is InChI=1S/C19H16ClFN2O4/c1-10(2)9-26-18-14(20)5-12(8-22-18)17-7-16(23-27-17)11-3-4-13(19(24)25)15(21)6-11/h3-8,10H,9H2,1-2H3,(H,24,25). The maximum Gasteiger partial charge on any atom is 0.338 e. The van der Waals surface area contributed by atoms with Gasteiger partial charge in [0, 0.05) is 23.4 Å². The molecule has 1 aromatic carbocycles. The summed E-state index contributed by atoms with van der Waals surface area (Å²) in [5.41, 5.74) is 0.925. The smallest absolute Gasteiger partial charge is 0.338 e. The summed E-state index contributed by atoms with van der Waals surface area (Å²) in [4.78, 5) is 15.1. The SMILES string of the molecule is CC(C)COc1ncc(-c2cc(-c3ccc(C(=O)O)c(F)c3)no2)cc1Cl. The number of carboxylic acids is 1. The fourth-order valence-corrected chi connectivity index (χ4v) is 2.53. The van der Waals surface area contributed by atoms with Crippen molar-refractivity contribution in [2.24, 2.45) is 5.92 Å². The second kappa shape index (κ2) is 7.75. The van der Waals surface area contributed by atoms with E-state index < -0.39 is 17.3 Å². The van der Waals surface area contributed by atoms with Crippen molar-refractivity contribution in [1.29, 1.82) is 0 Å². The van der Waals surface area contributed by atoms with Gasteiger partial charge in [0.05, 0.1) is 12.2 Å². The van der Waals surface area contributed by atoms with Crippen LogP contribution in [0.25, 0.3) is 22.6 Å². The molecule has 1 N–H and O–H groups in total. The van der Waals surface area contributed by atoms with Crippen LogP contribution in [-0.2, 0) is 0 Å². The number of carbonyl (C=O) groups is 1. The predicted molar refractivity (Wildman–Crippen MR) is 97.4 cm³/mol. The van der Waals surface area contributed by atoms with E-state index in [2.05, 4.69) is 10.1 Å². The molecule has 0 aliphatic heterocycles. The number of carboxylic acid groups (broad SMARTS) is 1. The topological polar surface area (TPSA) is 85.5 Å². The Bertz CT molecular complexity index is 988. The number of benzene rings is 1. The Labute approximate surface area is 159 Å². The van der Waals surface area contributed by atoms with Crippen LogP contribution in [0.4, 0.5) is 4.39 Å². The lowest BCUT2D eigenvalue weighted by Crippen LogP contribution is -2.05. The lowest BCUT2D eigenvalue weighted by atomic mass is 10.1. The van der Waals surface area contributed by atoms with Gasteiger partial charge in [0.1, 0.15) is 16.5 Å². The van der Waals surface area contributed by atoms with Crippen LogP contribution in [-0.4, -0.2) is 27.8 Å². The molecule has 8 heteroatoms. The Balaban J connectivity index is 1.84. The van der Waals surface area contributed by atoms with Crippen molar-refractivity contribution in [1.82, 2.24) is 10.1 Å². The van der Waals surface area contributed by atoms with Gasteiger partial charge in [-0.05, 0) is 24.1 Å². The fraction of sp³-hybridized carbons (Fsp3) is 0.211. The number of hydrogen-bond donors (Lipinski definition) is 1. The number of aromatic carboxylic acids is 1. The minimum absolute atomic E-state index is 0.334. The number of rotatable bonds is 6. The number of hydrogen-bond acceptors (Lipinski definition) is 5. The summed E-state index contributed by atoms with van der Waals surface area (Å²) in [5, 5.41) is 13.1. The molecule has 0 saturated heterocycles. The molecule has 0 fully saturated rings. The molecular formula is C19H16ClFN2O4. The van der Waals surface area contributed by atoms with Crippen molar-refractivity contribution >= 4 is 17.6 Å². The first-order chi connectivity index (χ1) is 12.8. The van der Waals surface area contributed by atoms with E-state index in [1.165, 1.54) is 12.1 Å². The van der Waals surface area contributed by atoms with E-state index in [0.29, 0.717) is 46.0 Å². The van der Waals surface area contributed by atoms with Gasteiger partial charge >= 0.3 is 5.97 Å². The van der Waals surface area contributed by atoms with Crippen molar-refractivity contribution in [3.63, 3.8) is 0 Å². The average Bonchev–Trinajstić information content (AvgIpc) is 3.10. The molecule has 0 saturated carbocycles. The van der Waals surface area contributed by atoms with Crippen molar-refractivity contribution in [3.8, 4) is 28.5 Å². The molecule has 0 bridgehead atoms. The van der Waals surface area contributed by atoms with E-state index in [0.717, 1.165) is 6.07 Å². The van der Waals surface area contributed by atoms with Gasteiger partial charge in [0.2, 0.25) is 5.88 Å². The Hall–Kier alpha value is -2.93. The molecule has 0 unspecified atom stereocenters. The van der Waals surface area contributed by atoms with Crippen molar-refractivity contribution in [2.45, 2.75) is 13.8 Å². The van der Waals surface area contributed by atoms with E-state index in [1.54, 1.807) is 18.3 Å². The van der Waals surface area contributed by atoms with Gasteiger partial charge in [-0.2, -0.15) is 0 Å². The van der Waals surface area contributed by atoms with Crippen molar-refractivity contribution in [2.75, 3.05) is 6.61 Å². The predicted octanol–water partition coefficient (Wildman–Crippen LogP) is 4.93. The molecule has 0 atom stereocenters. The highest BCUT2D eigenvalue weighted by Crippen LogP contribution is 2.31. The maximum absolute atomic E-state index is 13.9. The van der Waals surface area contributed by atoms with Gasteiger partial charge in [0.25, 0.3) is 0 Å². The molecule has 0 spiro atoms. The van der Waals surface area contributed by atoms with Gasteiger partial charge in [-0.15, -0.1) is 0 Å². The van der Waals surface area contributed by atoms with Crippen LogP contribution >= 0.6 is 11.6 Å². The van der Waals surface area contributed by atoms with Crippen LogP contribution in [0.5, 0.6) is 5.88 Å². The summed E-state index contributed by atoms with van der Waals surface area (Å²) >= 11 is 6.20. The van der Waals surface area contributed by atoms with Crippen LogP contribution in [0, 0.1) is 11.7 Å². The molecule has 0 aliphatic carbocycles. The second-order valence-corrected chi connectivity index (χ2v) is 6.70. The molecule has 27 heavy (non-hydrogen) atoms. The number of nitrogens with zero attached hydrogens (tertiary/aromatic N) is 2. The Morgan fingerprint density at radius 3 is 2.70 bits per heavy atom. The summed E-state index contributed by atoms with van der Waals surface area (Å²) in [7, 11) is 0. The monoisotopic (exact) mass is 390 g/mol. The van der Waals surface area contributed by atoms with Gasteiger partial charge < -0.3 is 14.4 Å². The highest BCUT2D eigenvalue weighted by molar-refractivity contribution is 6.32. The molecule has 0 aliphatic rings. The summed E-state index contributed by atoms with van der Waals surface area (Å²) < 4.78 is 24.7. The molecule has 0 radical (unpaired) electrons. The number of ether oxygens (including phenoxy) is 1. The molecule has 2 aromatic heterocycles. The zero-order valence-corrected chi connectivity index (χ0v) is 15.3. The van der Waals surface area contributed by atoms with Crippen LogP contribution < -0.4 is 4.74 Å². The van der Waals surface area contributed by atoms with E-state index >= 15 is 0 Å². The van der Waals surface area contributed by atoms with Gasteiger partial charge in [-0.1, -0.05) is 36.7 Å². The Morgan fingerprint density at radius 1 is 1.30 bits per heavy atom. The third-order valence-corrected chi connectivity index (χ3v) is 3.92. The highest BCUT2D eigenvalue weighted by Gasteiger charge is 2.15. The molecule has 2 heterocycles. The lowest BCUT2D eigenvalue weighted by Gasteiger charge is -2.09. The molecule has 0 amide bonds. The van der Waals surface area contributed by atoms with E-state index in [-0.39, 0.29) is 0 Å². The van der Waals surface area contributed by atoms with Gasteiger partial charge in [-0.3, -0.25) is 0 Å². The van der Waals surface area contributed by atoms with E-state index in [9.17, 15) is 9.18 Å². The third kappa shape index (κ3) is 4.25. The number of pyridine rings is 1. The first-order valence-electron chi connectivity index (χ1n) is 8.13. The molecule has 3 rings (SSSR count). The van der Waals surface area contributed by atoms with Crippen LogP contribution in [0.1, 0.15) is 24.2 Å². The van der Waals surface area contributed by atoms with Crippen molar-refractivity contribution < 1.29 is 23.6 Å². The quantitative estimate of drug-likeness (QED) is 0.642. The highest BCUT2D eigenvalue weighted by atomic mass is 35.5. The second-order valence-electron chi connectivity index (χ2n) is 6.29.